The van der Waals surface area contributed by atoms with Gasteiger partial charge >= 0.3 is 6.09 Å². The van der Waals surface area contributed by atoms with Crippen LogP contribution in [-0.4, -0.2) is 51.5 Å². The van der Waals surface area contributed by atoms with Crippen molar-refractivity contribution >= 4 is 28.6 Å². The average molecular weight is 339 g/mol. The molecule has 124 valence electrons. The van der Waals surface area contributed by atoms with Crippen molar-refractivity contribution in [3.05, 3.63) is 23.1 Å². The number of ether oxygens (including phenoxy) is 2. The molecule has 3 rings (SSSR count). The third-order valence-electron chi connectivity index (χ3n) is 3.50. The van der Waals surface area contributed by atoms with Crippen molar-refractivity contribution in [3.63, 3.8) is 0 Å². The van der Waals surface area contributed by atoms with E-state index >= 15 is 0 Å². The highest BCUT2D eigenvalue weighted by Crippen LogP contribution is 2.29. The highest BCUT2D eigenvalue weighted by atomic mass is 35.5. The van der Waals surface area contributed by atoms with Gasteiger partial charge in [0, 0.05) is 18.1 Å². The minimum absolute atomic E-state index is 0.306. The molecule has 0 aliphatic carbocycles. The number of aromatic amines is 1. The lowest BCUT2D eigenvalue weighted by atomic mass is 10.1. The largest absolute Gasteiger partial charge is 0.444 e. The van der Waals surface area contributed by atoms with Crippen LogP contribution < -0.4 is 0 Å². The topological polar surface area (TPSA) is 80.3 Å². The first-order valence-corrected chi connectivity index (χ1v) is 7.81. The summed E-state index contributed by atoms with van der Waals surface area (Å²) in [6.45, 7) is 6.87. The van der Waals surface area contributed by atoms with E-state index in [2.05, 4.69) is 15.2 Å². The molecule has 1 amide bonds. The van der Waals surface area contributed by atoms with Crippen LogP contribution in [0.5, 0.6) is 0 Å². The highest BCUT2D eigenvalue weighted by Gasteiger charge is 2.30. The number of halogens is 1. The number of morpholine rings is 1. The van der Waals surface area contributed by atoms with Gasteiger partial charge in [-0.15, -0.1) is 0 Å². The molecule has 0 aromatic carbocycles. The van der Waals surface area contributed by atoms with Crippen LogP contribution in [0.25, 0.3) is 10.9 Å². The second kappa shape index (κ2) is 5.98. The summed E-state index contributed by atoms with van der Waals surface area (Å²) in [7, 11) is 0. The van der Waals surface area contributed by atoms with Crippen molar-refractivity contribution in [3.8, 4) is 0 Å². The lowest BCUT2D eigenvalue weighted by Gasteiger charge is -2.33. The smallest absolute Gasteiger partial charge is 0.410 e. The van der Waals surface area contributed by atoms with Gasteiger partial charge in [-0.25, -0.2) is 9.78 Å². The van der Waals surface area contributed by atoms with E-state index in [0.29, 0.717) is 30.4 Å². The number of fused-ring (bicyclic) bond motifs is 1. The zero-order chi connectivity index (χ0) is 16.6. The summed E-state index contributed by atoms with van der Waals surface area (Å²) >= 11 is 6.04. The zero-order valence-electron chi connectivity index (χ0n) is 13.3. The van der Waals surface area contributed by atoms with Gasteiger partial charge in [0.25, 0.3) is 0 Å². The van der Waals surface area contributed by atoms with Crippen LogP contribution in [0.2, 0.25) is 5.15 Å². The Balaban J connectivity index is 1.80. The van der Waals surface area contributed by atoms with Gasteiger partial charge in [-0.2, -0.15) is 5.10 Å². The van der Waals surface area contributed by atoms with Crippen molar-refractivity contribution in [1.82, 2.24) is 20.1 Å². The number of aromatic nitrogens is 3. The fourth-order valence-corrected chi connectivity index (χ4v) is 2.69. The van der Waals surface area contributed by atoms with E-state index in [0.717, 1.165) is 11.1 Å². The van der Waals surface area contributed by atoms with Crippen LogP contribution in [0, 0.1) is 0 Å². The van der Waals surface area contributed by atoms with Crippen molar-refractivity contribution in [2.45, 2.75) is 32.5 Å². The molecule has 0 saturated carbocycles. The molecule has 8 heteroatoms. The monoisotopic (exact) mass is 338 g/mol. The highest BCUT2D eigenvalue weighted by molar-refractivity contribution is 6.33. The maximum atomic E-state index is 12.2. The van der Waals surface area contributed by atoms with E-state index in [4.69, 9.17) is 21.1 Å². The number of hydrogen-bond acceptors (Lipinski definition) is 5. The fourth-order valence-electron chi connectivity index (χ4n) is 2.49. The Hall–Kier alpha value is -1.86. The predicted octanol–water partition coefficient (Wildman–Crippen LogP) is 2.92. The number of nitrogens with one attached hydrogen (secondary N) is 1. The SMILES string of the molecule is CC(C)(C)OC(=O)N1CCOC(c2[nH]nc3c(Cl)nccc23)C1. The molecular weight excluding hydrogens is 320 g/mol. The van der Waals surface area contributed by atoms with E-state index < -0.39 is 5.60 Å². The molecule has 1 aliphatic heterocycles. The van der Waals surface area contributed by atoms with Crippen LogP contribution in [0.1, 0.15) is 32.6 Å². The van der Waals surface area contributed by atoms with E-state index in [1.807, 2.05) is 26.8 Å². The summed E-state index contributed by atoms with van der Waals surface area (Å²) in [5, 5.41) is 8.33. The zero-order valence-corrected chi connectivity index (χ0v) is 14.1. The first kappa shape index (κ1) is 16.0. The number of hydrogen-bond donors (Lipinski definition) is 1. The van der Waals surface area contributed by atoms with Gasteiger partial charge in [0.1, 0.15) is 17.2 Å². The molecule has 1 fully saturated rings. The van der Waals surface area contributed by atoms with E-state index in [-0.39, 0.29) is 12.2 Å². The lowest BCUT2D eigenvalue weighted by Crippen LogP contribution is -2.44. The molecule has 1 aliphatic rings. The standard InChI is InChI=1S/C15H19ClN4O3/c1-15(2,3)23-14(21)20-6-7-22-10(8-20)11-9-4-5-17-13(16)12(9)19-18-11/h4-5,10H,6-8H2,1-3H3,(H,18,19). The molecule has 1 atom stereocenters. The third-order valence-corrected chi connectivity index (χ3v) is 3.77. The van der Waals surface area contributed by atoms with Gasteiger partial charge in [0.05, 0.1) is 18.8 Å². The first-order chi connectivity index (χ1) is 10.8. The number of amides is 1. The second-order valence-electron chi connectivity index (χ2n) is 6.42. The minimum Gasteiger partial charge on any atom is -0.444 e. The summed E-state index contributed by atoms with van der Waals surface area (Å²) in [4.78, 5) is 17.9. The van der Waals surface area contributed by atoms with Crippen molar-refractivity contribution in [2.75, 3.05) is 19.7 Å². The lowest BCUT2D eigenvalue weighted by molar-refractivity contribution is -0.0442. The van der Waals surface area contributed by atoms with Crippen LogP contribution >= 0.6 is 11.6 Å². The third kappa shape index (κ3) is 3.40. The summed E-state index contributed by atoms with van der Waals surface area (Å²) in [5.74, 6) is 0. The summed E-state index contributed by atoms with van der Waals surface area (Å²) in [5.41, 5.74) is 0.866. The van der Waals surface area contributed by atoms with E-state index in [1.54, 1.807) is 11.1 Å². The molecule has 1 unspecified atom stereocenters. The summed E-state index contributed by atoms with van der Waals surface area (Å²) in [6, 6.07) is 1.83. The van der Waals surface area contributed by atoms with Crippen molar-refractivity contribution < 1.29 is 14.3 Å². The Kier molecular flexibility index (Phi) is 4.16. The second-order valence-corrected chi connectivity index (χ2v) is 6.78. The number of nitrogens with zero attached hydrogens (tertiary/aromatic N) is 3. The maximum Gasteiger partial charge on any atom is 0.410 e. The molecule has 0 radical (unpaired) electrons. The van der Waals surface area contributed by atoms with Crippen LogP contribution in [0.15, 0.2) is 12.3 Å². The molecular formula is C15H19ClN4O3. The van der Waals surface area contributed by atoms with Gasteiger partial charge in [-0.05, 0) is 26.8 Å². The molecule has 1 N–H and O–H groups in total. The number of carbonyl (C=O) groups is 1. The number of pyridine rings is 1. The normalized spacial score (nSPS) is 19.1. The molecule has 0 bridgehead atoms. The number of rotatable bonds is 1. The molecule has 3 heterocycles. The predicted molar refractivity (Wildman–Crippen MR) is 85.4 cm³/mol. The minimum atomic E-state index is -0.523. The van der Waals surface area contributed by atoms with E-state index in [9.17, 15) is 4.79 Å². The van der Waals surface area contributed by atoms with Crippen LogP contribution in [0.3, 0.4) is 0 Å². The average Bonchev–Trinajstić information content (AvgIpc) is 2.91. The van der Waals surface area contributed by atoms with Gasteiger partial charge in [-0.3, -0.25) is 5.10 Å². The first-order valence-electron chi connectivity index (χ1n) is 7.43. The quantitative estimate of drug-likeness (QED) is 0.809. The van der Waals surface area contributed by atoms with E-state index in [1.165, 1.54) is 0 Å². The number of H-pyrrole nitrogens is 1. The summed E-state index contributed by atoms with van der Waals surface area (Å²) < 4.78 is 11.2. The molecule has 7 nitrogen and oxygen atoms in total. The Morgan fingerprint density at radius 3 is 3.04 bits per heavy atom. The maximum absolute atomic E-state index is 12.2. The Morgan fingerprint density at radius 2 is 2.30 bits per heavy atom. The molecule has 2 aromatic rings. The van der Waals surface area contributed by atoms with Gasteiger partial charge in [-0.1, -0.05) is 11.6 Å². The Morgan fingerprint density at radius 1 is 1.52 bits per heavy atom. The molecule has 1 saturated heterocycles. The van der Waals surface area contributed by atoms with Gasteiger partial charge in [0.2, 0.25) is 0 Å². The van der Waals surface area contributed by atoms with Crippen molar-refractivity contribution in [2.24, 2.45) is 0 Å². The number of carbonyl (C=O) groups excluding carboxylic acids is 1. The van der Waals surface area contributed by atoms with Crippen LogP contribution in [0.4, 0.5) is 4.79 Å². The van der Waals surface area contributed by atoms with Crippen LogP contribution in [-0.2, 0) is 9.47 Å². The fraction of sp³-hybridized carbons (Fsp3) is 0.533. The molecule has 23 heavy (non-hydrogen) atoms. The Labute approximate surface area is 138 Å². The molecule has 0 spiro atoms. The molecule has 2 aromatic heterocycles. The van der Waals surface area contributed by atoms with Gasteiger partial charge < -0.3 is 14.4 Å². The summed E-state index contributed by atoms with van der Waals surface area (Å²) in [6.07, 6.45) is 0.979. The van der Waals surface area contributed by atoms with Gasteiger partial charge in [0.15, 0.2) is 5.15 Å². The Bertz CT molecular complexity index is 725. The van der Waals surface area contributed by atoms with Crippen molar-refractivity contribution in [1.29, 1.82) is 0 Å².